The van der Waals surface area contributed by atoms with Gasteiger partial charge in [-0.05, 0) is 71.4 Å². The Morgan fingerprint density at radius 1 is 1.03 bits per heavy atom. The Hall–Kier alpha value is -0.310. The van der Waals surface area contributed by atoms with Crippen molar-refractivity contribution in [1.29, 1.82) is 0 Å². The third-order valence-electron chi connectivity index (χ3n) is 6.24. The van der Waals surface area contributed by atoms with Crippen molar-refractivity contribution >= 4 is 29.2 Å². The molecule has 3 rings (SSSR count). The molecule has 3 aliphatic rings. The first kappa shape index (κ1) is 23.4. The Morgan fingerprint density at radius 3 is 2.66 bits per heavy atom. The van der Waals surface area contributed by atoms with Gasteiger partial charge in [-0.2, -0.15) is 0 Å². The fourth-order valence-corrected chi connectivity index (χ4v) is 5.18. The molecule has 168 valence electrons. The van der Waals surface area contributed by atoms with Gasteiger partial charge in [-0.3, -0.25) is 10.6 Å². The smallest absolute Gasteiger partial charge is 0.317 e. The molecule has 0 aromatic carbocycles. The van der Waals surface area contributed by atoms with E-state index in [9.17, 15) is 4.79 Å². The van der Waals surface area contributed by atoms with Crippen LogP contribution in [0.2, 0.25) is 0 Å². The Bertz CT molecular complexity index is 507. The van der Waals surface area contributed by atoms with Crippen molar-refractivity contribution in [2.75, 3.05) is 13.1 Å². The van der Waals surface area contributed by atoms with Crippen LogP contribution in [0.4, 0.5) is 4.79 Å². The summed E-state index contributed by atoms with van der Waals surface area (Å²) in [6, 6.07) is 0.909. The quantitative estimate of drug-likeness (QED) is 0.265. The molecule has 0 aromatic heterocycles. The van der Waals surface area contributed by atoms with Gasteiger partial charge in [0.05, 0.1) is 16.9 Å². The summed E-state index contributed by atoms with van der Waals surface area (Å²) in [4.78, 5) is 12.4. The van der Waals surface area contributed by atoms with Crippen LogP contribution < -0.4 is 31.9 Å². The van der Waals surface area contributed by atoms with E-state index < -0.39 is 0 Å². The summed E-state index contributed by atoms with van der Waals surface area (Å²) in [6.07, 6.45) is 9.69. The van der Waals surface area contributed by atoms with Gasteiger partial charge < -0.3 is 21.3 Å². The van der Waals surface area contributed by atoms with Gasteiger partial charge in [0.1, 0.15) is 6.29 Å². The molecular formula is C20H38Cl2N6O. The minimum Gasteiger partial charge on any atom is -0.335 e. The lowest BCUT2D eigenvalue weighted by Crippen LogP contribution is -2.68. The van der Waals surface area contributed by atoms with Crippen molar-refractivity contribution in [2.45, 2.75) is 106 Å². The minimum absolute atomic E-state index is 0.000956. The number of urea groups is 1. The van der Waals surface area contributed by atoms with E-state index in [1.54, 1.807) is 0 Å². The summed E-state index contributed by atoms with van der Waals surface area (Å²) < 4.78 is 0. The van der Waals surface area contributed by atoms with Crippen LogP contribution in [0.3, 0.4) is 0 Å². The van der Waals surface area contributed by atoms with E-state index in [4.69, 9.17) is 23.2 Å². The molecule has 0 radical (unpaired) electrons. The summed E-state index contributed by atoms with van der Waals surface area (Å²) in [5, 5.41) is 20.0. The molecule has 1 aliphatic carbocycles. The second kappa shape index (κ2) is 11.9. The molecule has 0 spiro atoms. The van der Waals surface area contributed by atoms with E-state index in [2.05, 4.69) is 38.8 Å². The summed E-state index contributed by atoms with van der Waals surface area (Å²) in [7, 11) is 0. The zero-order valence-corrected chi connectivity index (χ0v) is 19.0. The zero-order chi connectivity index (χ0) is 20.6. The van der Waals surface area contributed by atoms with Crippen LogP contribution in [-0.2, 0) is 0 Å². The number of piperidine rings is 1. The number of nitrogens with one attached hydrogen (secondary N) is 6. The largest absolute Gasteiger partial charge is 0.335 e. The Labute approximate surface area is 185 Å². The van der Waals surface area contributed by atoms with E-state index >= 15 is 0 Å². The topological polar surface area (TPSA) is 89.2 Å². The molecule has 7 nitrogen and oxygen atoms in total. The summed E-state index contributed by atoms with van der Waals surface area (Å²) in [6.45, 7) is 4.30. The third kappa shape index (κ3) is 8.04. The van der Waals surface area contributed by atoms with Crippen molar-refractivity contribution in [2.24, 2.45) is 0 Å². The third-order valence-corrected chi connectivity index (χ3v) is 7.38. The summed E-state index contributed by atoms with van der Waals surface area (Å²) >= 11 is 12.4. The number of halogens is 2. The molecule has 0 bridgehead atoms. The Balaban J connectivity index is 1.33. The molecule has 6 N–H and O–H groups in total. The van der Waals surface area contributed by atoms with Crippen LogP contribution in [0.15, 0.2) is 0 Å². The first-order valence-electron chi connectivity index (χ1n) is 11.3. The molecule has 1 saturated carbocycles. The first-order valence-corrected chi connectivity index (χ1v) is 12.2. The fourth-order valence-electron chi connectivity index (χ4n) is 4.61. The molecule has 3 fully saturated rings. The number of hydrogen-bond donors (Lipinski definition) is 6. The van der Waals surface area contributed by atoms with Gasteiger partial charge in [0.25, 0.3) is 0 Å². The highest BCUT2D eigenvalue weighted by molar-refractivity contribution is 6.30. The number of alkyl halides is 2. The molecule has 7 unspecified atom stereocenters. The molecule has 2 saturated heterocycles. The van der Waals surface area contributed by atoms with Gasteiger partial charge in [-0.15, -0.1) is 23.2 Å². The van der Waals surface area contributed by atoms with Crippen molar-refractivity contribution in [1.82, 2.24) is 31.9 Å². The lowest BCUT2D eigenvalue weighted by molar-refractivity contribution is 0.184. The highest BCUT2D eigenvalue weighted by Crippen LogP contribution is 2.27. The van der Waals surface area contributed by atoms with Gasteiger partial charge in [0.2, 0.25) is 0 Å². The monoisotopic (exact) mass is 448 g/mol. The number of rotatable bonds is 7. The van der Waals surface area contributed by atoms with E-state index in [0.29, 0.717) is 18.5 Å². The van der Waals surface area contributed by atoms with Crippen molar-refractivity contribution in [3.8, 4) is 0 Å². The van der Waals surface area contributed by atoms with Gasteiger partial charge >= 0.3 is 6.03 Å². The van der Waals surface area contributed by atoms with Crippen molar-refractivity contribution in [3.63, 3.8) is 0 Å². The van der Waals surface area contributed by atoms with Crippen LogP contribution in [-0.4, -0.2) is 60.5 Å². The van der Waals surface area contributed by atoms with E-state index in [1.807, 2.05) is 0 Å². The van der Waals surface area contributed by atoms with Gasteiger partial charge in [-0.25, -0.2) is 4.79 Å². The normalized spacial score (nSPS) is 38.4. The van der Waals surface area contributed by atoms with Crippen LogP contribution in [0, 0.1) is 0 Å². The fraction of sp³-hybridized carbons (Fsp3) is 0.950. The van der Waals surface area contributed by atoms with E-state index in [0.717, 1.165) is 25.8 Å². The molecule has 9 heteroatoms. The molecule has 7 atom stereocenters. The van der Waals surface area contributed by atoms with Gasteiger partial charge in [-0.1, -0.05) is 6.42 Å². The molecule has 29 heavy (non-hydrogen) atoms. The molecular weight excluding hydrogens is 411 g/mol. The predicted octanol–water partition coefficient (Wildman–Crippen LogP) is 2.15. The van der Waals surface area contributed by atoms with Gasteiger partial charge in [0.15, 0.2) is 0 Å². The SMILES string of the molecule is CC1CC(NCCCC2CCCCN2)NC(NC(=O)NC2CCC(Cl)C(Cl)C2)N1. The van der Waals surface area contributed by atoms with Crippen molar-refractivity contribution < 1.29 is 4.79 Å². The van der Waals surface area contributed by atoms with E-state index in [1.165, 1.54) is 38.6 Å². The molecule has 2 aliphatic heterocycles. The van der Waals surface area contributed by atoms with Crippen LogP contribution >= 0.6 is 23.2 Å². The number of hydrogen-bond acceptors (Lipinski definition) is 5. The number of amides is 2. The molecule has 2 heterocycles. The maximum absolute atomic E-state index is 12.4. The van der Waals surface area contributed by atoms with Gasteiger partial charge in [0, 0.05) is 18.1 Å². The number of carbonyl (C=O) groups excluding carboxylic acids is 1. The lowest BCUT2D eigenvalue weighted by atomic mass is 9.95. The van der Waals surface area contributed by atoms with E-state index in [-0.39, 0.29) is 35.3 Å². The molecule has 0 aromatic rings. The summed E-state index contributed by atoms with van der Waals surface area (Å²) in [5.74, 6) is 0. The highest BCUT2D eigenvalue weighted by Gasteiger charge is 2.30. The summed E-state index contributed by atoms with van der Waals surface area (Å²) in [5.41, 5.74) is 0. The minimum atomic E-state index is -0.257. The average molecular weight is 449 g/mol. The van der Waals surface area contributed by atoms with Crippen LogP contribution in [0.25, 0.3) is 0 Å². The number of carbonyl (C=O) groups is 1. The van der Waals surface area contributed by atoms with Crippen molar-refractivity contribution in [3.05, 3.63) is 0 Å². The predicted molar refractivity (Wildman–Crippen MR) is 119 cm³/mol. The average Bonchev–Trinajstić information content (AvgIpc) is 2.68. The zero-order valence-electron chi connectivity index (χ0n) is 17.5. The first-order chi connectivity index (χ1) is 14.0. The Kier molecular flexibility index (Phi) is 9.59. The van der Waals surface area contributed by atoms with Crippen LogP contribution in [0.1, 0.15) is 64.7 Å². The van der Waals surface area contributed by atoms with Crippen LogP contribution in [0.5, 0.6) is 0 Å². The lowest BCUT2D eigenvalue weighted by Gasteiger charge is -2.37. The standard InChI is InChI=1S/C20H38Cl2N6O/c1-13-11-18(24-10-4-6-14-5-2-3-9-23-14)27-19(25-13)28-20(29)26-15-7-8-16(21)17(22)12-15/h13-19,23-25,27H,2-12H2,1H3,(H2,26,28,29). The second-order valence-corrected chi connectivity index (χ2v) is 9.98. The Morgan fingerprint density at radius 2 is 1.90 bits per heavy atom. The maximum atomic E-state index is 12.4. The highest BCUT2D eigenvalue weighted by atomic mass is 35.5. The molecule has 2 amide bonds. The maximum Gasteiger partial charge on any atom is 0.317 e. The second-order valence-electron chi connectivity index (χ2n) is 8.86.